The fraction of sp³-hybridized carbons (Fsp3) is 0.280. The lowest BCUT2D eigenvalue weighted by Gasteiger charge is -2.17. The molecule has 0 saturated carbocycles. The maximum absolute atomic E-state index is 12.7. The molecule has 0 saturated heterocycles. The molecule has 0 aliphatic rings. The number of pyridine rings is 1. The van der Waals surface area contributed by atoms with Crippen LogP contribution in [-0.4, -0.2) is 61.2 Å². The number of ketones is 1. The molecule has 12 heteroatoms. The number of ether oxygens (including phenoxy) is 2. The molecular weight excluding hydrogens is 476 g/mol. The number of benzene rings is 1. The Morgan fingerprint density at radius 1 is 1.08 bits per heavy atom. The summed E-state index contributed by atoms with van der Waals surface area (Å²) in [6.45, 7) is 2.19. The van der Waals surface area contributed by atoms with E-state index < -0.39 is 0 Å². The summed E-state index contributed by atoms with van der Waals surface area (Å²) in [7, 11) is 3.36. The van der Waals surface area contributed by atoms with Crippen LogP contribution in [0.1, 0.15) is 30.1 Å². The number of carbonyl (C=O) groups is 1. The molecule has 1 aromatic carbocycles. The fourth-order valence-electron chi connectivity index (χ4n) is 3.52. The van der Waals surface area contributed by atoms with E-state index in [2.05, 4.69) is 35.9 Å². The number of anilines is 4. The van der Waals surface area contributed by atoms with Crippen molar-refractivity contribution in [1.82, 2.24) is 29.9 Å². The first-order chi connectivity index (χ1) is 18.0. The van der Waals surface area contributed by atoms with Gasteiger partial charge in [-0.2, -0.15) is 5.10 Å². The fourth-order valence-corrected chi connectivity index (χ4v) is 3.52. The van der Waals surface area contributed by atoms with Crippen molar-refractivity contribution < 1.29 is 19.4 Å². The highest BCUT2D eigenvalue weighted by Crippen LogP contribution is 2.37. The van der Waals surface area contributed by atoms with Crippen LogP contribution >= 0.6 is 0 Å². The summed E-state index contributed by atoms with van der Waals surface area (Å²) < 4.78 is 12.7. The molecule has 0 bridgehead atoms. The number of Topliss-reactive ketones (excluding diaryl/α,β-unsaturated/α-hetero) is 1. The summed E-state index contributed by atoms with van der Waals surface area (Å²) in [4.78, 5) is 21.4. The number of carbonyl (C=O) groups excluding carboxylic acids is 1. The van der Waals surface area contributed by atoms with E-state index in [4.69, 9.17) is 14.6 Å². The molecule has 4 aromatic rings. The minimum atomic E-state index is -0.0627. The lowest BCUT2D eigenvalue weighted by atomic mass is 10.1. The number of methoxy groups -OCH3 is 1. The molecule has 0 aliphatic carbocycles. The lowest BCUT2D eigenvalue weighted by molar-refractivity contribution is 0.0988. The molecule has 4 rings (SSSR count). The third-order valence-corrected chi connectivity index (χ3v) is 5.30. The van der Waals surface area contributed by atoms with Crippen LogP contribution in [0, 0.1) is 0 Å². The summed E-state index contributed by atoms with van der Waals surface area (Å²) in [6, 6.07) is 10.7. The zero-order valence-electron chi connectivity index (χ0n) is 20.8. The molecule has 0 spiro atoms. The predicted octanol–water partition coefficient (Wildman–Crippen LogP) is 3.52. The topological polar surface area (TPSA) is 149 Å². The molecule has 37 heavy (non-hydrogen) atoms. The van der Waals surface area contributed by atoms with Crippen molar-refractivity contribution in [2.24, 2.45) is 7.05 Å². The SMILES string of the molecule is CCC(=O)c1cnc(Nc2ccc(OCCCO)nn2)cc1Nc1cccc(-c2ncn(C)n2)c1OC. The van der Waals surface area contributed by atoms with Gasteiger partial charge in [0, 0.05) is 44.8 Å². The minimum absolute atomic E-state index is 0.0435. The van der Waals surface area contributed by atoms with Crippen molar-refractivity contribution in [3.05, 3.63) is 54.5 Å². The van der Waals surface area contributed by atoms with Gasteiger partial charge in [-0.15, -0.1) is 10.2 Å². The summed E-state index contributed by atoms with van der Waals surface area (Å²) >= 11 is 0. The summed E-state index contributed by atoms with van der Waals surface area (Å²) in [5.41, 5.74) is 2.33. The third-order valence-electron chi connectivity index (χ3n) is 5.30. The van der Waals surface area contributed by atoms with Gasteiger partial charge >= 0.3 is 0 Å². The highest BCUT2D eigenvalue weighted by Gasteiger charge is 2.18. The van der Waals surface area contributed by atoms with E-state index in [1.807, 2.05) is 18.2 Å². The Kier molecular flexibility index (Phi) is 8.21. The van der Waals surface area contributed by atoms with Gasteiger partial charge in [0.05, 0.1) is 36.2 Å². The van der Waals surface area contributed by atoms with Crippen LogP contribution in [0.15, 0.2) is 48.9 Å². The molecule has 0 radical (unpaired) electrons. The molecule has 192 valence electrons. The molecule has 0 aliphatic heterocycles. The normalized spacial score (nSPS) is 10.7. The first-order valence-corrected chi connectivity index (χ1v) is 11.7. The Balaban J connectivity index is 1.62. The van der Waals surface area contributed by atoms with Crippen molar-refractivity contribution in [1.29, 1.82) is 0 Å². The van der Waals surface area contributed by atoms with Crippen LogP contribution in [0.3, 0.4) is 0 Å². The van der Waals surface area contributed by atoms with Gasteiger partial charge in [-0.05, 0) is 18.2 Å². The van der Waals surface area contributed by atoms with E-state index in [-0.39, 0.29) is 12.4 Å². The number of hydrogen-bond donors (Lipinski definition) is 3. The maximum atomic E-state index is 12.7. The molecule has 0 unspecified atom stereocenters. The van der Waals surface area contributed by atoms with Crippen LogP contribution in [-0.2, 0) is 7.05 Å². The smallest absolute Gasteiger partial charge is 0.233 e. The van der Waals surface area contributed by atoms with E-state index in [9.17, 15) is 4.79 Å². The number of nitrogens with zero attached hydrogens (tertiary/aromatic N) is 6. The molecule has 3 aromatic heterocycles. The van der Waals surface area contributed by atoms with E-state index in [1.165, 1.54) is 6.20 Å². The van der Waals surface area contributed by atoms with Crippen molar-refractivity contribution in [3.8, 4) is 23.0 Å². The average molecular weight is 505 g/mol. The van der Waals surface area contributed by atoms with Crippen LogP contribution in [0.4, 0.5) is 23.0 Å². The highest BCUT2D eigenvalue weighted by molar-refractivity contribution is 6.02. The van der Waals surface area contributed by atoms with Gasteiger partial charge in [0.1, 0.15) is 12.1 Å². The van der Waals surface area contributed by atoms with Crippen molar-refractivity contribution in [3.63, 3.8) is 0 Å². The second-order valence-corrected chi connectivity index (χ2v) is 7.95. The molecule has 3 heterocycles. The Bertz CT molecular complexity index is 1360. The molecular formula is C25H28N8O4. The zero-order valence-corrected chi connectivity index (χ0v) is 20.8. The Morgan fingerprint density at radius 2 is 1.95 bits per heavy atom. The Labute approximate surface area is 213 Å². The van der Waals surface area contributed by atoms with Crippen molar-refractivity contribution in [2.75, 3.05) is 31.0 Å². The number of aliphatic hydroxyl groups excluding tert-OH is 1. The number of aromatic nitrogens is 6. The standard InChI is InChI=1S/C25H28N8O4/c1-4-20(35)17-14-26-22(29-21-9-10-23(31-30-21)37-12-6-11-34)13-19(17)28-18-8-5-7-16(24(18)36-3)25-27-15-33(2)32-25/h5,7-10,13-15,34H,4,6,11-12H2,1-3H3,(H2,26,28,29,30). The number of rotatable bonds is 12. The number of para-hydroxylation sites is 1. The Morgan fingerprint density at radius 3 is 2.62 bits per heavy atom. The first kappa shape index (κ1) is 25.5. The zero-order chi connectivity index (χ0) is 26.2. The molecule has 0 atom stereocenters. The number of aliphatic hydroxyl groups is 1. The van der Waals surface area contributed by atoms with E-state index in [0.29, 0.717) is 71.0 Å². The molecule has 12 nitrogen and oxygen atoms in total. The molecule has 0 fully saturated rings. The number of nitrogens with one attached hydrogen (secondary N) is 2. The van der Waals surface area contributed by atoms with E-state index in [1.54, 1.807) is 50.3 Å². The maximum Gasteiger partial charge on any atom is 0.233 e. The molecule has 3 N–H and O–H groups in total. The van der Waals surface area contributed by atoms with Crippen molar-refractivity contribution in [2.45, 2.75) is 19.8 Å². The van der Waals surface area contributed by atoms with Crippen molar-refractivity contribution >= 4 is 28.8 Å². The third kappa shape index (κ3) is 6.16. The lowest BCUT2D eigenvalue weighted by Crippen LogP contribution is -2.07. The number of aryl methyl sites for hydroxylation is 1. The average Bonchev–Trinajstić information content (AvgIpc) is 3.35. The summed E-state index contributed by atoms with van der Waals surface area (Å²) in [5.74, 6) is 2.26. The van der Waals surface area contributed by atoms with E-state index in [0.717, 1.165) is 0 Å². The van der Waals surface area contributed by atoms with Gasteiger partial charge in [0.25, 0.3) is 0 Å². The van der Waals surface area contributed by atoms with Gasteiger partial charge in [-0.3, -0.25) is 9.48 Å². The van der Waals surface area contributed by atoms with Gasteiger partial charge < -0.3 is 25.2 Å². The van der Waals surface area contributed by atoms with Crippen LogP contribution in [0.2, 0.25) is 0 Å². The summed E-state index contributed by atoms with van der Waals surface area (Å²) in [6.07, 6.45) is 3.97. The number of hydrogen-bond acceptors (Lipinski definition) is 11. The van der Waals surface area contributed by atoms with Crippen LogP contribution < -0.4 is 20.1 Å². The summed E-state index contributed by atoms with van der Waals surface area (Å²) in [5, 5.41) is 27.8. The molecule has 0 amide bonds. The largest absolute Gasteiger partial charge is 0.494 e. The second kappa shape index (κ2) is 11.9. The predicted molar refractivity (Wildman–Crippen MR) is 138 cm³/mol. The van der Waals surface area contributed by atoms with Gasteiger partial charge in [0.15, 0.2) is 23.2 Å². The van der Waals surface area contributed by atoms with Crippen LogP contribution in [0.5, 0.6) is 11.6 Å². The van der Waals surface area contributed by atoms with Gasteiger partial charge in [0.2, 0.25) is 5.88 Å². The van der Waals surface area contributed by atoms with Gasteiger partial charge in [-0.25, -0.2) is 9.97 Å². The van der Waals surface area contributed by atoms with Crippen LogP contribution in [0.25, 0.3) is 11.4 Å². The monoisotopic (exact) mass is 504 g/mol. The highest BCUT2D eigenvalue weighted by atomic mass is 16.5. The quantitative estimate of drug-likeness (QED) is 0.192. The van der Waals surface area contributed by atoms with E-state index >= 15 is 0 Å². The second-order valence-electron chi connectivity index (χ2n) is 7.95. The Hall–Kier alpha value is -4.58. The first-order valence-electron chi connectivity index (χ1n) is 11.7. The van der Waals surface area contributed by atoms with Gasteiger partial charge in [-0.1, -0.05) is 13.0 Å². The minimum Gasteiger partial charge on any atom is -0.494 e.